The van der Waals surface area contributed by atoms with Gasteiger partial charge in [-0.25, -0.2) is 0 Å². The SMILES string of the molecule is CC1(C)CC(C)(C)CC2(CC(=O)CCO2)C1. The number of carbonyl (C=O) groups excluding carboxylic acids is 1. The van der Waals surface area contributed by atoms with Crippen LogP contribution in [0.5, 0.6) is 0 Å². The Morgan fingerprint density at radius 2 is 1.56 bits per heavy atom. The summed E-state index contributed by atoms with van der Waals surface area (Å²) >= 11 is 0. The topological polar surface area (TPSA) is 26.3 Å². The average molecular weight is 224 g/mol. The molecule has 0 amide bonds. The van der Waals surface area contributed by atoms with Gasteiger partial charge in [-0.05, 0) is 30.1 Å². The first-order valence-corrected chi connectivity index (χ1v) is 6.38. The van der Waals surface area contributed by atoms with E-state index in [0.29, 0.717) is 36.1 Å². The van der Waals surface area contributed by atoms with Crippen LogP contribution in [0.4, 0.5) is 0 Å². The van der Waals surface area contributed by atoms with Gasteiger partial charge in [-0.15, -0.1) is 0 Å². The fourth-order valence-corrected chi connectivity index (χ4v) is 4.33. The van der Waals surface area contributed by atoms with E-state index >= 15 is 0 Å². The monoisotopic (exact) mass is 224 g/mol. The van der Waals surface area contributed by atoms with Crippen LogP contribution in [0, 0.1) is 10.8 Å². The van der Waals surface area contributed by atoms with Gasteiger partial charge in [0.25, 0.3) is 0 Å². The second kappa shape index (κ2) is 3.56. The molecule has 92 valence electrons. The maximum Gasteiger partial charge on any atom is 0.138 e. The number of ketones is 1. The van der Waals surface area contributed by atoms with Gasteiger partial charge in [-0.1, -0.05) is 27.7 Å². The fraction of sp³-hybridized carbons (Fsp3) is 0.929. The maximum atomic E-state index is 11.7. The minimum atomic E-state index is -0.152. The van der Waals surface area contributed by atoms with Crippen LogP contribution in [0.1, 0.15) is 59.8 Å². The largest absolute Gasteiger partial charge is 0.374 e. The Balaban J connectivity index is 2.23. The summed E-state index contributed by atoms with van der Waals surface area (Å²) < 4.78 is 6.03. The third-order valence-corrected chi connectivity index (χ3v) is 3.87. The molecule has 0 aromatic carbocycles. The highest BCUT2D eigenvalue weighted by Gasteiger charge is 2.50. The van der Waals surface area contributed by atoms with E-state index in [0.717, 1.165) is 12.8 Å². The van der Waals surface area contributed by atoms with E-state index in [2.05, 4.69) is 27.7 Å². The lowest BCUT2D eigenvalue weighted by Crippen LogP contribution is -2.51. The smallest absolute Gasteiger partial charge is 0.138 e. The van der Waals surface area contributed by atoms with E-state index in [1.165, 1.54) is 6.42 Å². The van der Waals surface area contributed by atoms with Crippen LogP contribution < -0.4 is 0 Å². The predicted molar refractivity (Wildman–Crippen MR) is 64.3 cm³/mol. The quantitative estimate of drug-likeness (QED) is 0.631. The molecular formula is C14H24O2. The van der Waals surface area contributed by atoms with E-state index in [1.807, 2.05) is 0 Å². The zero-order valence-corrected chi connectivity index (χ0v) is 11.1. The maximum absolute atomic E-state index is 11.7. The molecule has 0 aromatic heterocycles. The van der Waals surface area contributed by atoms with Crippen molar-refractivity contribution in [3.63, 3.8) is 0 Å². The van der Waals surface area contributed by atoms with E-state index in [1.54, 1.807) is 0 Å². The predicted octanol–water partition coefficient (Wildman–Crippen LogP) is 3.34. The van der Waals surface area contributed by atoms with Gasteiger partial charge in [-0.2, -0.15) is 0 Å². The van der Waals surface area contributed by atoms with Crippen molar-refractivity contribution in [1.29, 1.82) is 0 Å². The molecule has 0 unspecified atom stereocenters. The summed E-state index contributed by atoms with van der Waals surface area (Å²) in [6, 6.07) is 0. The molecule has 1 aliphatic heterocycles. The van der Waals surface area contributed by atoms with Crippen molar-refractivity contribution in [1.82, 2.24) is 0 Å². The number of rotatable bonds is 0. The number of ether oxygens (including phenoxy) is 1. The van der Waals surface area contributed by atoms with Crippen molar-refractivity contribution in [2.75, 3.05) is 6.61 Å². The van der Waals surface area contributed by atoms with Crippen LogP contribution in [0.25, 0.3) is 0 Å². The van der Waals surface area contributed by atoms with E-state index in [-0.39, 0.29) is 5.60 Å². The molecule has 2 rings (SSSR count). The highest BCUT2D eigenvalue weighted by Crippen LogP contribution is 2.53. The van der Waals surface area contributed by atoms with Crippen LogP contribution in [0.15, 0.2) is 0 Å². The molecule has 1 saturated heterocycles. The molecule has 1 spiro atoms. The van der Waals surface area contributed by atoms with Crippen LogP contribution in [-0.4, -0.2) is 18.0 Å². The summed E-state index contributed by atoms with van der Waals surface area (Å²) in [5.74, 6) is 0.389. The molecular weight excluding hydrogens is 200 g/mol. The lowest BCUT2D eigenvalue weighted by molar-refractivity contribution is -0.165. The second-order valence-corrected chi connectivity index (χ2v) is 7.36. The molecule has 1 saturated carbocycles. The van der Waals surface area contributed by atoms with Crippen molar-refractivity contribution in [2.45, 2.75) is 65.4 Å². The summed E-state index contributed by atoms with van der Waals surface area (Å²) in [7, 11) is 0. The van der Waals surface area contributed by atoms with E-state index in [9.17, 15) is 4.79 Å². The van der Waals surface area contributed by atoms with Gasteiger partial charge < -0.3 is 4.74 Å². The summed E-state index contributed by atoms with van der Waals surface area (Å²) in [5, 5.41) is 0. The van der Waals surface area contributed by atoms with Gasteiger partial charge in [0.1, 0.15) is 5.78 Å². The molecule has 0 atom stereocenters. The molecule has 2 fully saturated rings. The van der Waals surface area contributed by atoms with Gasteiger partial charge in [0, 0.05) is 12.8 Å². The van der Waals surface area contributed by atoms with Crippen molar-refractivity contribution in [2.24, 2.45) is 10.8 Å². The van der Waals surface area contributed by atoms with Gasteiger partial charge in [-0.3, -0.25) is 4.79 Å². The molecule has 0 aromatic rings. The minimum absolute atomic E-state index is 0.152. The van der Waals surface area contributed by atoms with Gasteiger partial charge in [0.15, 0.2) is 0 Å². The van der Waals surface area contributed by atoms with Crippen LogP contribution >= 0.6 is 0 Å². The summed E-state index contributed by atoms with van der Waals surface area (Å²) in [6.07, 6.45) is 4.55. The van der Waals surface area contributed by atoms with Gasteiger partial charge >= 0.3 is 0 Å². The first-order chi connectivity index (χ1) is 7.22. The lowest BCUT2D eigenvalue weighted by atomic mass is 9.58. The number of hydrogen-bond donors (Lipinski definition) is 0. The normalized spacial score (nSPS) is 31.6. The Morgan fingerprint density at radius 3 is 2.06 bits per heavy atom. The standard InChI is InChI=1S/C14H24O2/c1-12(2)8-13(3,4)10-14(9-12)7-11(15)5-6-16-14/h5-10H2,1-4H3. The number of hydrogen-bond acceptors (Lipinski definition) is 2. The Kier molecular flexibility index (Phi) is 2.69. The Bertz CT molecular complexity index is 286. The zero-order chi connectivity index (χ0) is 12.0. The molecule has 16 heavy (non-hydrogen) atoms. The molecule has 2 heteroatoms. The van der Waals surface area contributed by atoms with Crippen LogP contribution in [0.3, 0.4) is 0 Å². The molecule has 2 nitrogen and oxygen atoms in total. The Labute approximate surface area is 98.7 Å². The third kappa shape index (κ3) is 2.48. The molecule has 0 N–H and O–H groups in total. The molecule has 2 aliphatic rings. The zero-order valence-electron chi connectivity index (χ0n) is 11.1. The van der Waals surface area contributed by atoms with Crippen LogP contribution in [0.2, 0.25) is 0 Å². The first-order valence-electron chi connectivity index (χ1n) is 6.38. The highest BCUT2D eigenvalue weighted by molar-refractivity contribution is 5.80. The summed E-state index contributed by atoms with van der Waals surface area (Å²) in [5.41, 5.74) is 0.430. The summed E-state index contributed by atoms with van der Waals surface area (Å²) in [6.45, 7) is 9.84. The second-order valence-electron chi connectivity index (χ2n) is 7.36. The van der Waals surface area contributed by atoms with Crippen molar-refractivity contribution in [3.8, 4) is 0 Å². The molecule has 1 heterocycles. The Morgan fingerprint density at radius 1 is 1.00 bits per heavy atom. The van der Waals surface area contributed by atoms with Crippen molar-refractivity contribution < 1.29 is 9.53 Å². The molecule has 1 aliphatic carbocycles. The minimum Gasteiger partial charge on any atom is -0.374 e. The van der Waals surface area contributed by atoms with Gasteiger partial charge in [0.05, 0.1) is 12.2 Å². The first kappa shape index (κ1) is 12.1. The van der Waals surface area contributed by atoms with Crippen molar-refractivity contribution in [3.05, 3.63) is 0 Å². The van der Waals surface area contributed by atoms with E-state index < -0.39 is 0 Å². The van der Waals surface area contributed by atoms with Crippen LogP contribution in [-0.2, 0) is 9.53 Å². The third-order valence-electron chi connectivity index (χ3n) is 3.87. The highest BCUT2D eigenvalue weighted by atomic mass is 16.5. The molecule has 0 bridgehead atoms. The fourth-order valence-electron chi connectivity index (χ4n) is 4.33. The van der Waals surface area contributed by atoms with E-state index in [4.69, 9.17) is 4.74 Å². The number of Topliss-reactive ketones (excluding diaryl/α,β-unsaturated/α-hetero) is 1. The van der Waals surface area contributed by atoms with Gasteiger partial charge in [0.2, 0.25) is 0 Å². The lowest BCUT2D eigenvalue weighted by Gasteiger charge is -2.52. The Hall–Kier alpha value is -0.370. The van der Waals surface area contributed by atoms with Crippen molar-refractivity contribution >= 4 is 5.78 Å². The molecule has 0 radical (unpaired) electrons. The summed E-state index contributed by atoms with van der Waals surface area (Å²) in [4.78, 5) is 11.7. The average Bonchev–Trinajstić information content (AvgIpc) is 1.94. The number of carbonyl (C=O) groups is 1.